The van der Waals surface area contributed by atoms with Crippen LogP contribution >= 0.6 is 23.4 Å². The quantitative estimate of drug-likeness (QED) is 0.195. The first-order chi connectivity index (χ1) is 21.6. The van der Waals surface area contributed by atoms with Gasteiger partial charge in [-0.1, -0.05) is 35.9 Å². The van der Waals surface area contributed by atoms with E-state index < -0.39 is 39.1 Å². The third-order valence-corrected chi connectivity index (χ3v) is 8.38. The van der Waals surface area contributed by atoms with Crippen molar-refractivity contribution in [1.82, 2.24) is 19.4 Å². The van der Waals surface area contributed by atoms with Gasteiger partial charge in [0.15, 0.2) is 0 Å². The zero-order valence-electron chi connectivity index (χ0n) is 24.2. The maximum atomic E-state index is 12.7. The zero-order valence-corrected chi connectivity index (χ0v) is 25.8. The van der Waals surface area contributed by atoms with Gasteiger partial charge in [-0.3, -0.25) is 19.6 Å². The lowest BCUT2D eigenvalue weighted by atomic mass is 10.1. The van der Waals surface area contributed by atoms with E-state index in [4.69, 9.17) is 16.3 Å². The zero-order chi connectivity index (χ0) is 33.6. The van der Waals surface area contributed by atoms with E-state index in [2.05, 4.69) is 4.98 Å². The Morgan fingerprint density at radius 2 is 1.76 bits per heavy atom. The van der Waals surface area contributed by atoms with Crippen LogP contribution in [0.25, 0.3) is 6.08 Å². The Kier molecular flexibility index (Phi) is 10.9. The molecule has 1 aromatic heterocycles. The van der Waals surface area contributed by atoms with E-state index in [1.54, 1.807) is 6.08 Å². The second kappa shape index (κ2) is 14.5. The van der Waals surface area contributed by atoms with Gasteiger partial charge in [-0.05, 0) is 58.4 Å². The lowest BCUT2D eigenvalue weighted by Gasteiger charge is -2.37. The van der Waals surface area contributed by atoms with Crippen LogP contribution in [0.4, 0.5) is 29.5 Å². The van der Waals surface area contributed by atoms with Gasteiger partial charge in [-0.15, -0.1) is 0 Å². The van der Waals surface area contributed by atoms with Crippen molar-refractivity contribution in [3.63, 3.8) is 0 Å². The summed E-state index contributed by atoms with van der Waals surface area (Å²) in [4.78, 5) is 41.6. The summed E-state index contributed by atoms with van der Waals surface area (Å²) in [5.41, 5.74) is -1.96. The molecule has 0 bridgehead atoms. The standard InChI is InChI=1S/C28H28ClF3N6O7S/c1-27(40,18-36-16-23(38(43)44)33-25(36)46-24-21(29)5-2-6-22(24)37(41)42)17-34-11-13-35(14-12-34)26(39)45-15-3-4-19-7-9-20(10-8-19)28(30,31)32/h2-10,16,40H,11-15,17-18H2,1H3/t27-/m0/s1. The summed E-state index contributed by atoms with van der Waals surface area (Å²) in [5.74, 6) is -0.505. The van der Waals surface area contributed by atoms with Crippen molar-refractivity contribution < 1.29 is 37.7 Å². The van der Waals surface area contributed by atoms with Crippen LogP contribution in [0.15, 0.2) is 64.8 Å². The summed E-state index contributed by atoms with van der Waals surface area (Å²) in [6, 6.07) is 8.67. The normalized spacial score (nSPS) is 15.6. The number of hydrogen-bond acceptors (Lipinski definition) is 10. The maximum absolute atomic E-state index is 12.7. The van der Waals surface area contributed by atoms with Crippen LogP contribution < -0.4 is 0 Å². The average Bonchev–Trinajstić information content (AvgIpc) is 3.37. The smallest absolute Gasteiger partial charge is 0.416 e. The Hall–Kier alpha value is -4.19. The highest BCUT2D eigenvalue weighted by molar-refractivity contribution is 7.99. The molecule has 4 rings (SSSR count). The highest BCUT2D eigenvalue weighted by atomic mass is 35.5. The number of alkyl halides is 3. The lowest BCUT2D eigenvalue weighted by molar-refractivity contribution is -0.389. The van der Waals surface area contributed by atoms with Crippen molar-refractivity contribution in [2.24, 2.45) is 0 Å². The molecule has 0 unspecified atom stereocenters. The van der Waals surface area contributed by atoms with Crippen molar-refractivity contribution in [3.05, 3.63) is 91.1 Å². The topological polar surface area (TPSA) is 157 Å². The van der Waals surface area contributed by atoms with E-state index in [1.165, 1.54) is 52.8 Å². The fourth-order valence-corrected chi connectivity index (χ4v) is 5.92. The van der Waals surface area contributed by atoms with Gasteiger partial charge in [0.2, 0.25) is 0 Å². The third-order valence-electron chi connectivity index (χ3n) is 6.81. The van der Waals surface area contributed by atoms with Gasteiger partial charge in [0.05, 0.1) is 27.7 Å². The number of nitro groups is 2. The van der Waals surface area contributed by atoms with E-state index in [0.29, 0.717) is 31.7 Å². The average molecular weight is 685 g/mol. The van der Waals surface area contributed by atoms with Crippen molar-refractivity contribution in [2.75, 3.05) is 39.3 Å². The Morgan fingerprint density at radius 1 is 1.09 bits per heavy atom. The number of benzene rings is 2. The summed E-state index contributed by atoms with van der Waals surface area (Å²) in [7, 11) is 0. The van der Waals surface area contributed by atoms with Gasteiger partial charge < -0.3 is 24.9 Å². The summed E-state index contributed by atoms with van der Waals surface area (Å²) in [6.45, 7) is 2.83. The molecular formula is C28H28ClF3N6O7S. The molecule has 1 amide bonds. The molecule has 0 saturated carbocycles. The van der Waals surface area contributed by atoms with Crippen molar-refractivity contribution in [3.8, 4) is 0 Å². The van der Waals surface area contributed by atoms with Gasteiger partial charge in [-0.25, -0.2) is 4.79 Å². The van der Waals surface area contributed by atoms with Gasteiger partial charge >= 0.3 is 18.1 Å². The molecule has 2 aromatic carbocycles. The van der Waals surface area contributed by atoms with E-state index in [9.17, 15) is 43.3 Å². The maximum Gasteiger partial charge on any atom is 0.416 e. The van der Waals surface area contributed by atoms with Crippen molar-refractivity contribution in [2.45, 2.75) is 35.3 Å². The Bertz CT molecular complexity index is 1610. The predicted molar refractivity (Wildman–Crippen MR) is 162 cm³/mol. The number of carbonyl (C=O) groups excluding carboxylic acids is 1. The molecule has 246 valence electrons. The fraction of sp³-hybridized carbons (Fsp3) is 0.357. The predicted octanol–water partition coefficient (Wildman–Crippen LogP) is 5.74. The third kappa shape index (κ3) is 9.18. The van der Waals surface area contributed by atoms with Crippen LogP contribution in [0.3, 0.4) is 0 Å². The molecule has 0 spiro atoms. The van der Waals surface area contributed by atoms with Crippen LogP contribution in [0, 0.1) is 20.2 Å². The molecule has 1 aliphatic heterocycles. The largest absolute Gasteiger partial charge is 0.445 e. The van der Waals surface area contributed by atoms with Gasteiger partial charge in [0.1, 0.15) is 17.7 Å². The van der Waals surface area contributed by atoms with E-state index >= 15 is 0 Å². The Labute approximate surface area is 269 Å². The number of hydrogen-bond donors (Lipinski definition) is 1. The molecule has 1 fully saturated rings. The minimum absolute atomic E-state index is 0.0307. The molecule has 13 nitrogen and oxygen atoms in total. The summed E-state index contributed by atoms with van der Waals surface area (Å²) in [5, 5.41) is 34.3. The molecule has 0 aliphatic carbocycles. The summed E-state index contributed by atoms with van der Waals surface area (Å²) in [6.07, 6.45) is -0.787. The number of carbonyl (C=O) groups is 1. The van der Waals surface area contributed by atoms with Gasteiger partial charge in [0, 0.05) is 38.8 Å². The number of ether oxygens (including phenoxy) is 1. The molecule has 18 heteroatoms. The molecule has 1 N–H and O–H groups in total. The molecule has 2 heterocycles. The van der Waals surface area contributed by atoms with E-state index in [-0.39, 0.29) is 40.5 Å². The van der Waals surface area contributed by atoms with Crippen LogP contribution in [-0.4, -0.2) is 85.3 Å². The number of nitrogens with zero attached hydrogens (tertiary/aromatic N) is 6. The number of piperazine rings is 1. The monoisotopic (exact) mass is 684 g/mol. The molecule has 3 aromatic rings. The summed E-state index contributed by atoms with van der Waals surface area (Å²) < 4.78 is 44.7. The SMILES string of the molecule is C[C@](O)(CN1CCN(C(=O)OCC=Cc2ccc(C(F)(F)F)cc2)CC1)Cn1cc([N+](=O)[O-])nc1Sc1c(Cl)cccc1[N+](=O)[O-]. The molecular weight excluding hydrogens is 657 g/mol. The van der Waals surface area contributed by atoms with Crippen LogP contribution in [0.2, 0.25) is 5.02 Å². The molecule has 1 aliphatic rings. The lowest BCUT2D eigenvalue weighted by Crippen LogP contribution is -2.53. The number of imidazole rings is 1. The second-order valence-electron chi connectivity index (χ2n) is 10.6. The highest BCUT2D eigenvalue weighted by Gasteiger charge is 2.33. The van der Waals surface area contributed by atoms with Crippen LogP contribution in [0.5, 0.6) is 0 Å². The number of nitro benzene ring substituents is 1. The van der Waals surface area contributed by atoms with Gasteiger partial charge in [-0.2, -0.15) is 13.2 Å². The first-order valence-corrected chi connectivity index (χ1v) is 14.8. The number of aromatic nitrogens is 2. The highest BCUT2D eigenvalue weighted by Crippen LogP contribution is 2.40. The number of halogens is 4. The van der Waals surface area contributed by atoms with E-state index in [0.717, 1.165) is 30.1 Å². The van der Waals surface area contributed by atoms with Gasteiger partial charge in [0.25, 0.3) is 10.8 Å². The Morgan fingerprint density at radius 3 is 2.37 bits per heavy atom. The van der Waals surface area contributed by atoms with Crippen LogP contribution in [-0.2, 0) is 17.5 Å². The minimum Gasteiger partial charge on any atom is -0.445 e. The van der Waals surface area contributed by atoms with E-state index in [1.807, 2.05) is 4.90 Å². The number of aliphatic hydroxyl groups is 1. The molecule has 1 saturated heterocycles. The fourth-order valence-electron chi connectivity index (χ4n) is 4.67. The Balaban J connectivity index is 1.30. The molecule has 0 radical (unpaired) electrons. The minimum atomic E-state index is -4.42. The first-order valence-electron chi connectivity index (χ1n) is 13.7. The van der Waals surface area contributed by atoms with Crippen LogP contribution in [0.1, 0.15) is 18.1 Å². The number of amides is 1. The number of rotatable bonds is 11. The number of β-amino-alcohol motifs (C(OH)–C–C–N with tert-alkyl or cyclic N) is 1. The van der Waals surface area contributed by atoms with Crippen molar-refractivity contribution in [1.29, 1.82) is 0 Å². The first kappa shape index (κ1) is 34.7. The van der Waals surface area contributed by atoms with Crippen molar-refractivity contribution >= 4 is 47.0 Å². The summed E-state index contributed by atoms with van der Waals surface area (Å²) >= 11 is 6.97. The molecule has 46 heavy (non-hydrogen) atoms. The second-order valence-corrected chi connectivity index (χ2v) is 12.0. The molecule has 1 atom stereocenters.